The van der Waals surface area contributed by atoms with Crippen molar-refractivity contribution >= 4 is 76.4 Å². The third kappa shape index (κ3) is 6.11. The molecule has 0 saturated heterocycles. The van der Waals surface area contributed by atoms with Gasteiger partial charge in [0.15, 0.2) is 0 Å². The van der Waals surface area contributed by atoms with Gasteiger partial charge in [0.05, 0.1) is 5.69 Å². The Morgan fingerprint density at radius 3 is 1.49 bits per heavy atom. The van der Waals surface area contributed by atoms with Gasteiger partial charge in [0.25, 0.3) is 0 Å². The molecule has 0 fully saturated rings. The van der Waals surface area contributed by atoms with E-state index in [0.29, 0.717) is 0 Å². The molecule has 1 heterocycles. The first kappa shape index (κ1) is 32.7. The Morgan fingerprint density at radius 2 is 0.818 bits per heavy atom. The molecule has 0 aliphatic rings. The van der Waals surface area contributed by atoms with Crippen LogP contribution in [0, 0.1) is 0 Å². The van der Waals surface area contributed by atoms with Crippen molar-refractivity contribution in [3.8, 4) is 22.3 Å². The predicted octanol–water partition coefficient (Wildman–Crippen LogP) is 15.5. The second-order valence-corrected chi connectivity index (χ2v) is 14.8. The van der Waals surface area contributed by atoms with E-state index in [1.54, 1.807) is 0 Å². The average molecular weight is 721 g/mol. The molecule has 1 aromatic heterocycles. The number of hydrogen-bond acceptors (Lipinski definition) is 3. The maximum Gasteiger partial charge on any atom is 0.0540 e. The van der Waals surface area contributed by atoms with E-state index in [4.69, 9.17) is 0 Å². The molecule has 0 aliphatic carbocycles. The highest BCUT2D eigenvalue weighted by molar-refractivity contribution is 7.26. The number of rotatable bonds is 8. The van der Waals surface area contributed by atoms with Crippen molar-refractivity contribution in [3.63, 3.8) is 0 Å². The summed E-state index contributed by atoms with van der Waals surface area (Å²) in [6.07, 6.45) is 0. The first-order valence-corrected chi connectivity index (χ1v) is 19.5. The van der Waals surface area contributed by atoms with Gasteiger partial charge >= 0.3 is 0 Å². The van der Waals surface area contributed by atoms with Crippen molar-refractivity contribution in [2.24, 2.45) is 0 Å². The highest BCUT2D eigenvalue weighted by Crippen LogP contribution is 2.44. The number of nitrogens with zero attached hydrogens (tertiary/aromatic N) is 2. The maximum atomic E-state index is 2.36. The van der Waals surface area contributed by atoms with Gasteiger partial charge in [-0.1, -0.05) is 140 Å². The summed E-state index contributed by atoms with van der Waals surface area (Å²) in [6.45, 7) is 0. The van der Waals surface area contributed by atoms with Crippen molar-refractivity contribution in [2.75, 3.05) is 9.80 Å². The van der Waals surface area contributed by atoms with Crippen molar-refractivity contribution < 1.29 is 0 Å². The van der Waals surface area contributed by atoms with E-state index in [1.165, 1.54) is 53.2 Å². The van der Waals surface area contributed by atoms with Crippen LogP contribution in [-0.4, -0.2) is 0 Å². The molecule has 0 N–H and O–H groups in total. The first-order valence-electron chi connectivity index (χ1n) is 18.7. The minimum Gasteiger partial charge on any atom is -0.311 e. The quantitative estimate of drug-likeness (QED) is 0.154. The SMILES string of the molecule is c1ccc(N(c2ccccc2)c2ccc(-c3ccc4c(c3)sc3cccc(-c5ccc(N(c6ccccc6)c6cccc7ccccc67)cc5)c34)cc2)cc1. The van der Waals surface area contributed by atoms with Gasteiger partial charge in [-0.25, -0.2) is 0 Å². The largest absolute Gasteiger partial charge is 0.311 e. The molecule has 9 aromatic carbocycles. The maximum absolute atomic E-state index is 2.36. The molecule has 55 heavy (non-hydrogen) atoms. The molecular formula is C52H36N2S. The van der Waals surface area contributed by atoms with Gasteiger partial charge in [0.2, 0.25) is 0 Å². The molecule has 10 rings (SSSR count). The Hall–Kier alpha value is -6.94. The fourth-order valence-electron chi connectivity index (χ4n) is 7.85. The van der Waals surface area contributed by atoms with E-state index in [-0.39, 0.29) is 0 Å². The molecule has 0 bridgehead atoms. The van der Waals surface area contributed by atoms with Gasteiger partial charge < -0.3 is 9.80 Å². The summed E-state index contributed by atoms with van der Waals surface area (Å²) in [4.78, 5) is 4.66. The number of benzene rings is 9. The summed E-state index contributed by atoms with van der Waals surface area (Å²) in [7, 11) is 0. The molecule has 0 atom stereocenters. The van der Waals surface area contributed by atoms with Crippen LogP contribution in [0.3, 0.4) is 0 Å². The van der Waals surface area contributed by atoms with Crippen LogP contribution in [0.1, 0.15) is 0 Å². The van der Waals surface area contributed by atoms with E-state index < -0.39 is 0 Å². The monoisotopic (exact) mass is 720 g/mol. The number of fused-ring (bicyclic) bond motifs is 4. The second-order valence-electron chi connectivity index (χ2n) is 13.8. The topological polar surface area (TPSA) is 6.48 Å². The Bertz CT molecular complexity index is 2860. The lowest BCUT2D eigenvalue weighted by Crippen LogP contribution is -2.10. The van der Waals surface area contributed by atoms with Gasteiger partial charge in [0, 0.05) is 54.0 Å². The molecule has 0 amide bonds. The summed E-state index contributed by atoms with van der Waals surface area (Å²) in [6, 6.07) is 78.6. The Balaban J connectivity index is 0.994. The molecule has 2 nitrogen and oxygen atoms in total. The van der Waals surface area contributed by atoms with E-state index in [1.807, 2.05) is 11.3 Å². The van der Waals surface area contributed by atoms with Crippen LogP contribution < -0.4 is 9.80 Å². The molecule has 0 saturated carbocycles. The van der Waals surface area contributed by atoms with Crippen LogP contribution in [0.4, 0.5) is 34.1 Å². The predicted molar refractivity (Wildman–Crippen MR) is 237 cm³/mol. The summed E-state index contributed by atoms with van der Waals surface area (Å²) in [5.41, 5.74) is 11.7. The van der Waals surface area contributed by atoms with Gasteiger partial charge in [-0.3, -0.25) is 0 Å². The van der Waals surface area contributed by atoms with E-state index in [9.17, 15) is 0 Å². The third-order valence-electron chi connectivity index (χ3n) is 10.4. The van der Waals surface area contributed by atoms with Gasteiger partial charge in [-0.2, -0.15) is 0 Å². The van der Waals surface area contributed by atoms with Crippen LogP contribution in [0.2, 0.25) is 0 Å². The molecule has 260 valence electrons. The smallest absolute Gasteiger partial charge is 0.0540 e. The lowest BCUT2D eigenvalue weighted by Gasteiger charge is -2.27. The van der Waals surface area contributed by atoms with Crippen molar-refractivity contribution in [2.45, 2.75) is 0 Å². The zero-order valence-corrected chi connectivity index (χ0v) is 30.9. The van der Waals surface area contributed by atoms with E-state index in [0.717, 1.165) is 34.1 Å². The molecule has 3 heteroatoms. The highest BCUT2D eigenvalue weighted by Gasteiger charge is 2.17. The van der Waals surface area contributed by atoms with Crippen LogP contribution in [-0.2, 0) is 0 Å². The summed E-state index contributed by atoms with van der Waals surface area (Å²) < 4.78 is 2.59. The fourth-order valence-corrected chi connectivity index (χ4v) is 9.02. The van der Waals surface area contributed by atoms with Gasteiger partial charge in [0.1, 0.15) is 0 Å². The molecule has 0 radical (unpaired) electrons. The second kappa shape index (κ2) is 14.1. The number of thiophene rings is 1. The summed E-state index contributed by atoms with van der Waals surface area (Å²) in [5.74, 6) is 0. The summed E-state index contributed by atoms with van der Waals surface area (Å²) in [5, 5.41) is 5.06. The molecule has 0 aliphatic heterocycles. The summed E-state index contributed by atoms with van der Waals surface area (Å²) >= 11 is 1.87. The number of para-hydroxylation sites is 3. The highest BCUT2D eigenvalue weighted by atomic mass is 32.1. The van der Waals surface area contributed by atoms with E-state index >= 15 is 0 Å². The Kier molecular flexibility index (Phi) is 8.40. The molecule has 10 aromatic rings. The zero-order chi connectivity index (χ0) is 36.6. The fraction of sp³-hybridized carbons (Fsp3) is 0. The Morgan fingerprint density at radius 1 is 0.309 bits per heavy atom. The zero-order valence-electron chi connectivity index (χ0n) is 30.1. The lowest BCUT2D eigenvalue weighted by atomic mass is 9.97. The minimum absolute atomic E-state index is 1.12. The van der Waals surface area contributed by atoms with Crippen LogP contribution in [0.25, 0.3) is 53.2 Å². The van der Waals surface area contributed by atoms with Gasteiger partial charge in [-0.15, -0.1) is 11.3 Å². The van der Waals surface area contributed by atoms with Crippen LogP contribution in [0.5, 0.6) is 0 Å². The average Bonchev–Trinajstić information content (AvgIpc) is 3.64. The molecule has 0 unspecified atom stereocenters. The Labute approximate surface area is 325 Å². The number of hydrogen-bond donors (Lipinski definition) is 0. The van der Waals surface area contributed by atoms with Gasteiger partial charge in [-0.05, 0) is 107 Å². The third-order valence-corrected chi connectivity index (χ3v) is 11.6. The van der Waals surface area contributed by atoms with Crippen molar-refractivity contribution in [1.82, 2.24) is 0 Å². The molecule has 0 spiro atoms. The first-order chi connectivity index (χ1) is 27.3. The van der Waals surface area contributed by atoms with Crippen LogP contribution >= 0.6 is 11.3 Å². The lowest BCUT2D eigenvalue weighted by molar-refractivity contribution is 1.28. The standard InChI is InChI=1S/C52H36N2S/c1-4-16-41(17-5-1)53(42-18-6-2-7-19-42)44-31-26-37(27-32-44)40-30-35-48-51(36-40)55-50-25-13-23-47(52(48)50)39-28-33-45(34-29-39)54(43-20-8-3-9-21-43)49-24-12-15-38-14-10-11-22-46(38)49/h1-36H. The minimum atomic E-state index is 1.12. The van der Waals surface area contributed by atoms with Crippen LogP contribution in [0.15, 0.2) is 218 Å². The van der Waals surface area contributed by atoms with Crippen molar-refractivity contribution in [1.29, 1.82) is 0 Å². The number of anilines is 6. The molecular weight excluding hydrogens is 685 g/mol. The normalized spacial score (nSPS) is 11.3. The van der Waals surface area contributed by atoms with Crippen molar-refractivity contribution in [3.05, 3.63) is 218 Å². The van der Waals surface area contributed by atoms with E-state index in [2.05, 4.69) is 228 Å².